The highest BCUT2D eigenvalue weighted by atomic mass is 32.1. The van der Waals surface area contributed by atoms with Gasteiger partial charge in [-0.3, -0.25) is 0 Å². The minimum absolute atomic E-state index is 0.0680. The third-order valence-electron chi connectivity index (χ3n) is 3.65. The van der Waals surface area contributed by atoms with Gasteiger partial charge in [0.05, 0.1) is 11.3 Å². The van der Waals surface area contributed by atoms with E-state index in [1.807, 2.05) is 31.2 Å². The van der Waals surface area contributed by atoms with Crippen molar-refractivity contribution in [2.75, 3.05) is 0 Å². The van der Waals surface area contributed by atoms with Gasteiger partial charge in [-0.15, -0.1) is 11.3 Å². The lowest BCUT2D eigenvalue weighted by atomic mass is 10.1. The van der Waals surface area contributed by atoms with Gasteiger partial charge >= 0.3 is 0 Å². The Morgan fingerprint density at radius 2 is 2.25 bits per heavy atom. The topological polar surface area (TPSA) is 113 Å². The molecule has 0 bridgehead atoms. The Bertz CT molecular complexity index is 980. The highest BCUT2D eigenvalue weighted by Crippen LogP contribution is 2.40. The van der Waals surface area contributed by atoms with Crippen LogP contribution in [-0.4, -0.2) is 20.9 Å². The normalized spacial score (nSPS) is 12.3. The highest BCUT2D eigenvalue weighted by Gasteiger charge is 2.18. The van der Waals surface area contributed by atoms with E-state index in [9.17, 15) is 5.11 Å². The SMILES string of the molecule is C=C/C=C\c1nc(-c2c(O)[nH]c3ccc(/C(N)=N/N)cc23)sc1C. The Morgan fingerprint density at radius 3 is 2.96 bits per heavy atom. The number of fused-ring (bicyclic) bond motifs is 1. The first kappa shape index (κ1) is 15.8. The van der Waals surface area contributed by atoms with E-state index in [0.717, 1.165) is 26.5 Å². The fraction of sp³-hybridized carbons (Fsp3) is 0.0588. The van der Waals surface area contributed by atoms with Gasteiger partial charge in [0.2, 0.25) is 0 Å². The number of nitrogens with zero attached hydrogens (tertiary/aromatic N) is 2. The molecule has 3 aromatic rings. The van der Waals surface area contributed by atoms with Crippen molar-refractivity contribution >= 4 is 34.2 Å². The molecule has 2 aromatic heterocycles. The molecule has 0 spiro atoms. The smallest absolute Gasteiger partial charge is 0.199 e. The number of H-pyrrole nitrogens is 1. The maximum atomic E-state index is 10.3. The van der Waals surface area contributed by atoms with Gasteiger partial charge in [-0.05, 0) is 31.2 Å². The molecular formula is C17H17N5OS. The molecule has 1 aromatic carbocycles. The number of aryl methyl sites for hydroxylation is 1. The van der Waals surface area contributed by atoms with Gasteiger partial charge in [0, 0.05) is 21.3 Å². The first-order valence-electron chi connectivity index (χ1n) is 7.20. The average Bonchev–Trinajstić information content (AvgIpc) is 3.10. The van der Waals surface area contributed by atoms with Crippen LogP contribution in [0, 0.1) is 6.92 Å². The summed E-state index contributed by atoms with van der Waals surface area (Å²) < 4.78 is 0. The van der Waals surface area contributed by atoms with Crippen LogP contribution in [0.4, 0.5) is 0 Å². The minimum Gasteiger partial charge on any atom is -0.494 e. The molecule has 0 saturated heterocycles. The van der Waals surface area contributed by atoms with E-state index in [0.29, 0.717) is 11.1 Å². The largest absolute Gasteiger partial charge is 0.494 e. The third-order valence-corrected chi connectivity index (χ3v) is 4.65. The number of rotatable bonds is 4. The first-order valence-corrected chi connectivity index (χ1v) is 8.02. The highest BCUT2D eigenvalue weighted by molar-refractivity contribution is 7.15. The number of hydrogen-bond acceptors (Lipinski definition) is 5. The standard InChI is InChI=1S/C17H17N5OS/c1-3-4-5-12-9(2)24-17(21-12)14-11-8-10(15(18)22-19)6-7-13(11)20-16(14)23/h3-8,20,23H,1,19H2,2H3,(H2,18,22)/b5-4-. The van der Waals surface area contributed by atoms with Crippen LogP contribution in [0.3, 0.4) is 0 Å². The summed E-state index contributed by atoms with van der Waals surface area (Å²) in [6, 6.07) is 5.45. The van der Waals surface area contributed by atoms with Crippen molar-refractivity contribution in [3.05, 3.63) is 53.1 Å². The number of hydrogen-bond donors (Lipinski definition) is 4. The zero-order chi connectivity index (χ0) is 17.3. The van der Waals surface area contributed by atoms with Crippen molar-refractivity contribution in [1.29, 1.82) is 0 Å². The number of aromatic nitrogens is 2. The maximum Gasteiger partial charge on any atom is 0.199 e. The second-order valence-corrected chi connectivity index (χ2v) is 6.38. The zero-order valence-corrected chi connectivity index (χ0v) is 13.9. The summed E-state index contributed by atoms with van der Waals surface area (Å²) >= 11 is 1.51. The fourth-order valence-corrected chi connectivity index (χ4v) is 3.42. The first-order chi connectivity index (χ1) is 11.5. The average molecular weight is 339 g/mol. The summed E-state index contributed by atoms with van der Waals surface area (Å²) in [5.74, 6) is 5.55. The van der Waals surface area contributed by atoms with Gasteiger partial charge in [0.25, 0.3) is 0 Å². The van der Waals surface area contributed by atoms with Gasteiger partial charge in [-0.1, -0.05) is 18.7 Å². The lowest BCUT2D eigenvalue weighted by Crippen LogP contribution is -2.15. The van der Waals surface area contributed by atoms with Crippen molar-refractivity contribution in [1.82, 2.24) is 9.97 Å². The van der Waals surface area contributed by atoms with E-state index in [2.05, 4.69) is 21.6 Å². The molecule has 0 radical (unpaired) electrons. The molecule has 24 heavy (non-hydrogen) atoms. The van der Waals surface area contributed by atoms with Crippen LogP contribution in [0.25, 0.3) is 27.6 Å². The number of thiazole rings is 1. The van der Waals surface area contributed by atoms with Crippen LogP contribution < -0.4 is 11.6 Å². The van der Waals surface area contributed by atoms with E-state index in [-0.39, 0.29) is 11.7 Å². The third kappa shape index (κ3) is 2.65. The van der Waals surface area contributed by atoms with E-state index >= 15 is 0 Å². The lowest BCUT2D eigenvalue weighted by molar-refractivity contribution is 0.460. The molecule has 0 fully saturated rings. The summed E-state index contributed by atoms with van der Waals surface area (Å²) in [6.45, 7) is 5.65. The molecule has 6 nitrogen and oxygen atoms in total. The number of nitrogens with two attached hydrogens (primary N) is 2. The molecule has 0 aliphatic carbocycles. The quantitative estimate of drug-likeness (QED) is 0.192. The predicted molar refractivity (Wildman–Crippen MR) is 100.0 cm³/mol. The second kappa shape index (κ2) is 6.21. The molecule has 0 saturated carbocycles. The molecule has 7 heteroatoms. The van der Waals surface area contributed by atoms with Crippen LogP contribution in [-0.2, 0) is 0 Å². The van der Waals surface area contributed by atoms with Crippen LogP contribution >= 0.6 is 11.3 Å². The van der Waals surface area contributed by atoms with Gasteiger partial charge in [0.1, 0.15) is 10.8 Å². The number of aromatic amines is 1. The van der Waals surface area contributed by atoms with Gasteiger partial charge < -0.3 is 21.7 Å². The Labute approximate surface area is 142 Å². The molecule has 0 atom stereocenters. The summed E-state index contributed by atoms with van der Waals surface area (Å²) in [5, 5.41) is 15.4. The zero-order valence-electron chi connectivity index (χ0n) is 13.1. The van der Waals surface area contributed by atoms with Crippen LogP contribution in [0.5, 0.6) is 5.88 Å². The van der Waals surface area contributed by atoms with E-state index < -0.39 is 0 Å². The Morgan fingerprint density at radius 1 is 1.46 bits per heavy atom. The molecule has 3 rings (SSSR count). The Hall–Kier alpha value is -3.06. The molecular weight excluding hydrogens is 322 g/mol. The van der Waals surface area contributed by atoms with Crippen LogP contribution in [0.15, 0.2) is 42.0 Å². The summed E-state index contributed by atoms with van der Waals surface area (Å²) in [5.41, 5.74) is 8.75. The monoisotopic (exact) mass is 339 g/mol. The lowest BCUT2D eigenvalue weighted by Gasteiger charge is -2.00. The molecule has 0 aliphatic rings. The van der Waals surface area contributed by atoms with E-state index in [1.54, 1.807) is 12.1 Å². The molecule has 0 unspecified atom stereocenters. The van der Waals surface area contributed by atoms with Crippen LogP contribution in [0.2, 0.25) is 0 Å². The van der Waals surface area contributed by atoms with Crippen molar-refractivity contribution in [3.8, 4) is 16.5 Å². The van der Waals surface area contributed by atoms with E-state index in [1.165, 1.54) is 11.3 Å². The van der Waals surface area contributed by atoms with Gasteiger partial charge in [-0.2, -0.15) is 5.10 Å². The molecule has 6 N–H and O–H groups in total. The van der Waals surface area contributed by atoms with Crippen LogP contribution in [0.1, 0.15) is 16.1 Å². The predicted octanol–water partition coefficient (Wildman–Crippen LogP) is 3.08. The van der Waals surface area contributed by atoms with Crippen molar-refractivity contribution < 1.29 is 5.11 Å². The number of nitrogens with one attached hydrogen (secondary N) is 1. The van der Waals surface area contributed by atoms with Crippen molar-refractivity contribution in [2.45, 2.75) is 6.92 Å². The fourth-order valence-electron chi connectivity index (χ4n) is 2.46. The second-order valence-electron chi connectivity index (χ2n) is 5.18. The molecule has 122 valence electrons. The molecule has 2 heterocycles. The Balaban J connectivity index is 2.20. The van der Waals surface area contributed by atoms with Crippen molar-refractivity contribution in [2.24, 2.45) is 16.7 Å². The van der Waals surface area contributed by atoms with Crippen molar-refractivity contribution in [3.63, 3.8) is 0 Å². The number of benzene rings is 1. The number of hydrazone groups is 1. The minimum atomic E-state index is 0.0680. The Kier molecular flexibility index (Phi) is 4.09. The molecule has 0 amide bonds. The maximum absolute atomic E-state index is 10.3. The number of allylic oxidation sites excluding steroid dienone is 2. The number of aromatic hydroxyl groups is 1. The van der Waals surface area contributed by atoms with Gasteiger partial charge in [0.15, 0.2) is 5.88 Å². The summed E-state index contributed by atoms with van der Waals surface area (Å²) in [6.07, 6.45) is 5.42. The van der Waals surface area contributed by atoms with E-state index in [4.69, 9.17) is 11.6 Å². The number of amidine groups is 1. The summed E-state index contributed by atoms with van der Waals surface area (Å²) in [4.78, 5) is 8.62. The molecule has 0 aliphatic heterocycles. The summed E-state index contributed by atoms with van der Waals surface area (Å²) in [7, 11) is 0. The van der Waals surface area contributed by atoms with Gasteiger partial charge in [-0.25, -0.2) is 4.98 Å².